The lowest BCUT2D eigenvalue weighted by molar-refractivity contribution is 0.122. The molecule has 0 aromatic carbocycles. The minimum atomic E-state index is -0.605. The molecular formula is C22H19N7O2S. The maximum atomic E-state index is 9.79. The van der Waals surface area contributed by atoms with Gasteiger partial charge in [0.15, 0.2) is 0 Å². The molecule has 1 unspecified atom stereocenters. The van der Waals surface area contributed by atoms with Gasteiger partial charge in [0, 0.05) is 31.7 Å². The summed E-state index contributed by atoms with van der Waals surface area (Å²) in [5.74, 6) is 0.297. The number of morpholine rings is 1. The molecule has 0 saturated carbocycles. The largest absolute Gasteiger partial charge is 0.459 e. The summed E-state index contributed by atoms with van der Waals surface area (Å²) in [6.45, 7) is 3.34. The van der Waals surface area contributed by atoms with Gasteiger partial charge in [-0.2, -0.15) is 10.2 Å². The van der Waals surface area contributed by atoms with Crippen LogP contribution in [0.4, 0.5) is 5.82 Å². The van der Waals surface area contributed by atoms with Crippen molar-refractivity contribution in [3.8, 4) is 12.1 Å². The van der Waals surface area contributed by atoms with Crippen molar-refractivity contribution >= 4 is 27.4 Å². The highest BCUT2D eigenvalue weighted by molar-refractivity contribution is 7.18. The number of rotatable bonds is 6. The van der Waals surface area contributed by atoms with E-state index >= 15 is 0 Å². The lowest BCUT2D eigenvalue weighted by Crippen LogP contribution is -2.36. The van der Waals surface area contributed by atoms with Gasteiger partial charge >= 0.3 is 6.01 Å². The fourth-order valence-corrected chi connectivity index (χ4v) is 4.41. The number of ether oxygens (including phenoxy) is 2. The molecule has 1 aliphatic rings. The van der Waals surface area contributed by atoms with Crippen LogP contribution in [0.5, 0.6) is 6.01 Å². The van der Waals surface area contributed by atoms with Gasteiger partial charge < -0.3 is 14.4 Å². The van der Waals surface area contributed by atoms with Crippen LogP contribution in [-0.4, -0.2) is 51.2 Å². The van der Waals surface area contributed by atoms with Crippen LogP contribution < -0.4 is 9.64 Å². The van der Waals surface area contributed by atoms with E-state index in [0.717, 1.165) is 34.7 Å². The quantitative estimate of drug-likeness (QED) is 0.442. The van der Waals surface area contributed by atoms with E-state index < -0.39 is 5.92 Å². The van der Waals surface area contributed by atoms with Gasteiger partial charge in [-0.1, -0.05) is 0 Å². The number of anilines is 1. The fraction of sp³-hybridized carbons (Fsp3) is 0.273. The van der Waals surface area contributed by atoms with E-state index in [1.165, 1.54) is 11.3 Å². The number of hydrogen-bond donors (Lipinski definition) is 0. The first-order valence-electron chi connectivity index (χ1n) is 10.1. The first-order chi connectivity index (χ1) is 15.8. The molecule has 4 aromatic heterocycles. The molecule has 10 heteroatoms. The summed E-state index contributed by atoms with van der Waals surface area (Å²) in [5.41, 5.74) is 2.28. The third kappa shape index (κ3) is 4.34. The van der Waals surface area contributed by atoms with Gasteiger partial charge in [-0.25, -0.2) is 15.0 Å². The number of thiazole rings is 1. The van der Waals surface area contributed by atoms with Crippen molar-refractivity contribution in [2.45, 2.75) is 12.5 Å². The van der Waals surface area contributed by atoms with Crippen molar-refractivity contribution in [1.29, 1.82) is 5.26 Å². The molecule has 9 nitrogen and oxygen atoms in total. The van der Waals surface area contributed by atoms with Crippen LogP contribution in [0.25, 0.3) is 10.2 Å². The summed E-state index contributed by atoms with van der Waals surface area (Å²) < 4.78 is 12.2. The van der Waals surface area contributed by atoms with Crippen LogP contribution in [0.1, 0.15) is 22.2 Å². The van der Waals surface area contributed by atoms with Gasteiger partial charge in [0.2, 0.25) is 0 Å². The Morgan fingerprint density at radius 3 is 2.84 bits per heavy atom. The van der Waals surface area contributed by atoms with Gasteiger partial charge in [0.25, 0.3) is 0 Å². The molecule has 1 atom stereocenters. The molecule has 0 bridgehead atoms. The predicted octanol–water partition coefficient (Wildman–Crippen LogP) is 2.95. The van der Waals surface area contributed by atoms with Gasteiger partial charge in [0.1, 0.15) is 23.4 Å². The fourth-order valence-electron chi connectivity index (χ4n) is 3.42. The smallest absolute Gasteiger partial charge is 0.316 e. The average molecular weight is 446 g/mol. The van der Waals surface area contributed by atoms with Crippen LogP contribution in [0.15, 0.2) is 49.1 Å². The highest BCUT2D eigenvalue weighted by Gasteiger charge is 2.21. The zero-order valence-electron chi connectivity index (χ0n) is 17.1. The topological polar surface area (TPSA) is 110 Å². The van der Waals surface area contributed by atoms with Crippen LogP contribution in [-0.2, 0) is 11.3 Å². The Kier molecular flexibility index (Phi) is 5.83. The summed E-state index contributed by atoms with van der Waals surface area (Å²) in [4.78, 5) is 24.0. The molecule has 0 radical (unpaired) electrons. The molecule has 1 saturated heterocycles. The number of fused-ring (bicyclic) bond motifs is 1. The highest BCUT2D eigenvalue weighted by Crippen LogP contribution is 2.30. The second kappa shape index (κ2) is 9.21. The summed E-state index contributed by atoms with van der Waals surface area (Å²) in [7, 11) is 0. The molecule has 4 aromatic rings. The minimum absolute atomic E-state index is 0.218. The molecule has 5 rings (SSSR count). The molecule has 0 aliphatic carbocycles. The Labute approximate surface area is 188 Å². The van der Waals surface area contributed by atoms with Gasteiger partial charge in [-0.3, -0.25) is 4.98 Å². The van der Waals surface area contributed by atoms with Crippen molar-refractivity contribution in [1.82, 2.24) is 24.9 Å². The lowest BCUT2D eigenvalue weighted by Gasteiger charge is -2.27. The monoisotopic (exact) mass is 445 g/mol. The number of nitrogens with zero attached hydrogens (tertiary/aromatic N) is 7. The number of hydrogen-bond acceptors (Lipinski definition) is 10. The summed E-state index contributed by atoms with van der Waals surface area (Å²) in [6, 6.07) is 10.0. The second-order valence-electron chi connectivity index (χ2n) is 7.13. The third-order valence-corrected chi connectivity index (χ3v) is 6.15. The molecular weight excluding hydrogens is 426 g/mol. The van der Waals surface area contributed by atoms with Gasteiger partial charge in [-0.15, -0.1) is 11.3 Å². The van der Waals surface area contributed by atoms with E-state index in [1.54, 1.807) is 30.9 Å². The van der Waals surface area contributed by atoms with Crippen LogP contribution in [0.3, 0.4) is 0 Å². The highest BCUT2D eigenvalue weighted by atomic mass is 32.1. The van der Waals surface area contributed by atoms with E-state index in [0.29, 0.717) is 30.5 Å². The number of pyridine rings is 2. The van der Waals surface area contributed by atoms with Crippen molar-refractivity contribution in [2.24, 2.45) is 0 Å². The molecule has 0 spiro atoms. The van der Waals surface area contributed by atoms with E-state index in [2.05, 4.69) is 35.9 Å². The van der Waals surface area contributed by atoms with Crippen molar-refractivity contribution in [3.05, 3.63) is 65.3 Å². The minimum Gasteiger partial charge on any atom is -0.459 e. The maximum absolute atomic E-state index is 9.79. The Bertz CT molecular complexity index is 1230. The van der Waals surface area contributed by atoms with E-state index in [9.17, 15) is 5.26 Å². The lowest BCUT2D eigenvalue weighted by atomic mass is 10.1. The molecule has 0 amide bonds. The number of aromatic nitrogens is 5. The second-order valence-corrected chi connectivity index (χ2v) is 8.19. The zero-order chi connectivity index (χ0) is 21.8. The van der Waals surface area contributed by atoms with Crippen LogP contribution >= 0.6 is 11.3 Å². The van der Waals surface area contributed by atoms with Crippen molar-refractivity contribution in [2.75, 3.05) is 31.2 Å². The van der Waals surface area contributed by atoms with E-state index in [-0.39, 0.29) is 6.01 Å². The van der Waals surface area contributed by atoms with Crippen molar-refractivity contribution in [3.63, 3.8) is 0 Å². The molecule has 1 aliphatic heterocycles. The summed E-state index contributed by atoms with van der Waals surface area (Å²) in [6.07, 6.45) is 6.78. The average Bonchev–Trinajstić information content (AvgIpc) is 3.28. The first-order valence-corrected chi connectivity index (χ1v) is 11.0. The molecule has 1 fully saturated rings. The van der Waals surface area contributed by atoms with E-state index in [1.807, 2.05) is 18.2 Å². The van der Waals surface area contributed by atoms with Gasteiger partial charge in [-0.05, 0) is 29.8 Å². The Hall–Kier alpha value is -3.68. The number of nitriles is 1. The molecule has 32 heavy (non-hydrogen) atoms. The first kappa shape index (κ1) is 20.2. The predicted molar refractivity (Wildman–Crippen MR) is 119 cm³/mol. The van der Waals surface area contributed by atoms with Gasteiger partial charge in [0.05, 0.1) is 41.4 Å². The normalized spacial score (nSPS) is 14.8. The third-order valence-electron chi connectivity index (χ3n) is 5.05. The summed E-state index contributed by atoms with van der Waals surface area (Å²) in [5, 5.41) is 10.5. The standard InChI is InChI=1S/C22H19N7O2S/c23-12-16(21-27-18-13-24-4-3-19(18)32-21)17-2-6-26-22(28-17)31-14-15-1-5-25-20(11-15)29-7-9-30-10-8-29/h1-6,11,13,16H,7-10,14H2. The molecule has 0 N–H and O–H groups in total. The van der Waals surface area contributed by atoms with E-state index in [4.69, 9.17) is 9.47 Å². The molecule has 5 heterocycles. The zero-order valence-corrected chi connectivity index (χ0v) is 17.9. The Morgan fingerprint density at radius 2 is 2.00 bits per heavy atom. The van der Waals surface area contributed by atoms with Crippen LogP contribution in [0.2, 0.25) is 0 Å². The Morgan fingerprint density at radius 1 is 1.12 bits per heavy atom. The summed E-state index contributed by atoms with van der Waals surface area (Å²) >= 11 is 1.46. The molecule has 160 valence electrons. The van der Waals surface area contributed by atoms with Crippen molar-refractivity contribution < 1.29 is 9.47 Å². The Balaban J connectivity index is 1.31. The maximum Gasteiger partial charge on any atom is 0.316 e. The van der Waals surface area contributed by atoms with Crippen LogP contribution in [0, 0.1) is 11.3 Å². The SMILES string of the molecule is N#CC(c1ccnc(OCc2ccnc(N3CCOCC3)c2)n1)c1nc2cnccc2s1.